The summed E-state index contributed by atoms with van der Waals surface area (Å²) in [5, 5.41) is 2.71. The fraction of sp³-hybridized carbons (Fsp3) is 0.429. The quantitative estimate of drug-likeness (QED) is 0.674. The number of hydrogen-bond acceptors (Lipinski definition) is 2. The second-order valence-electron chi connectivity index (χ2n) is 2.40. The molecule has 1 aromatic rings. The lowest BCUT2D eigenvalue weighted by Crippen LogP contribution is -2.17. The standard InChI is InChI=1S/C7H10N2O2/c1-6(10)3-5-9-7(11)2-4-8-9/h2,4,8H,3,5H2,1H3. The summed E-state index contributed by atoms with van der Waals surface area (Å²) >= 11 is 0. The van der Waals surface area contributed by atoms with Crippen LogP contribution < -0.4 is 5.56 Å². The summed E-state index contributed by atoms with van der Waals surface area (Å²) in [5.41, 5.74) is -0.0914. The molecule has 0 amide bonds. The highest BCUT2D eigenvalue weighted by molar-refractivity contribution is 5.75. The molecule has 1 heterocycles. The highest BCUT2D eigenvalue weighted by Crippen LogP contribution is 1.84. The number of hydrogen-bond donors (Lipinski definition) is 1. The number of nitrogens with zero attached hydrogens (tertiary/aromatic N) is 1. The first kappa shape index (κ1) is 7.78. The zero-order valence-electron chi connectivity index (χ0n) is 6.33. The van der Waals surface area contributed by atoms with Crippen LogP contribution in [0.5, 0.6) is 0 Å². The molecule has 1 N–H and O–H groups in total. The summed E-state index contributed by atoms with van der Waals surface area (Å²) in [4.78, 5) is 21.4. The minimum atomic E-state index is -0.0914. The van der Waals surface area contributed by atoms with Crippen molar-refractivity contribution in [2.45, 2.75) is 19.9 Å². The number of H-pyrrole nitrogens is 1. The first-order chi connectivity index (χ1) is 5.20. The third-order valence-electron chi connectivity index (χ3n) is 1.41. The first-order valence-corrected chi connectivity index (χ1v) is 3.44. The molecule has 4 nitrogen and oxygen atoms in total. The van der Waals surface area contributed by atoms with Gasteiger partial charge in [-0.3, -0.25) is 14.3 Å². The molecule has 60 valence electrons. The number of aromatic nitrogens is 2. The maximum Gasteiger partial charge on any atom is 0.266 e. The zero-order chi connectivity index (χ0) is 8.27. The minimum Gasteiger partial charge on any atom is -0.303 e. The second-order valence-corrected chi connectivity index (χ2v) is 2.40. The summed E-state index contributed by atoms with van der Waals surface area (Å²) in [6, 6.07) is 1.43. The van der Waals surface area contributed by atoms with Crippen LogP contribution in [0.25, 0.3) is 0 Å². The van der Waals surface area contributed by atoms with Crippen LogP contribution in [-0.2, 0) is 11.3 Å². The highest BCUT2D eigenvalue weighted by Gasteiger charge is 1.96. The third-order valence-corrected chi connectivity index (χ3v) is 1.41. The van der Waals surface area contributed by atoms with E-state index in [0.717, 1.165) is 0 Å². The Morgan fingerprint density at radius 3 is 2.91 bits per heavy atom. The van der Waals surface area contributed by atoms with Crippen LogP contribution in [-0.4, -0.2) is 15.6 Å². The summed E-state index contributed by atoms with van der Waals surface area (Å²) in [7, 11) is 0. The topological polar surface area (TPSA) is 54.9 Å². The summed E-state index contributed by atoms with van der Waals surface area (Å²) in [6.45, 7) is 1.95. The molecule has 1 aromatic heterocycles. The number of Topliss-reactive ketones (excluding diaryl/α,β-unsaturated/α-hetero) is 1. The van der Waals surface area contributed by atoms with E-state index in [-0.39, 0.29) is 11.3 Å². The summed E-state index contributed by atoms with van der Waals surface area (Å²) in [6.07, 6.45) is 1.96. The maximum atomic E-state index is 10.9. The molecule has 0 atom stereocenters. The van der Waals surface area contributed by atoms with E-state index in [1.807, 2.05) is 0 Å². The van der Waals surface area contributed by atoms with Gasteiger partial charge in [0.15, 0.2) is 0 Å². The van der Waals surface area contributed by atoms with E-state index < -0.39 is 0 Å². The molecular formula is C7H10N2O2. The van der Waals surface area contributed by atoms with Crippen molar-refractivity contribution in [3.63, 3.8) is 0 Å². The number of aryl methyl sites for hydroxylation is 1. The molecule has 0 fully saturated rings. The van der Waals surface area contributed by atoms with Crippen molar-refractivity contribution in [2.24, 2.45) is 0 Å². The van der Waals surface area contributed by atoms with Gasteiger partial charge in [-0.15, -0.1) is 0 Å². The Kier molecular flexibility index (Phi) is 2.25. The minimum absolute atomic E-state index is 0.0894. The van der Waals surface area contributed by atoms with Gasteiger partial charge in [0, 0.05) is 25.2 Å². The molecule has 0 aliphatic carbocycles. The fourth-order valence-corrected chi connectivity index (χ4v) is 0.796. The van der Waals surface area contributed by atoms with E-state index in [1.165, 1.54) is 17.7 Å². The van der Waals surface area contributed by atoms with E-state index in [1.54, 1.807) is 6.20 Å². The number of ketones is 1. The zero-order valence-corrected chi connectivity index (χ0v) is 6.33. The Hall–Kier alpha value is -1.32. The fourth-order valence-electron chi connectivity index (χ4n) is 0.796. The van der Waals surface area contributed by atoms with E-state index in [9.17, 15) is 9.59 Å². The first-order valence-electron chi connectivity index (χ1n) is 3.44. The number of nitrogens with one attached hydrogen (secondary N) is 1. The van der Waals surface area contributed by atoms with Crippen molar-refractivity contribution in [1.29, 1.82) is 0 Å². The van der Waals surface area contributed by atoms with E-state index in [0.29, 0.717) is 13.0 Å². The molecule has 0 radical (unpaired) electrons. The smallest absolute Gasteiger partial charge is 0.266 e. The summed E-state index contributed by atoms with van der Waals surface area (Å²) in [5.74, 6) is 0.0894. The van der Waals surface area contributed by atoms with Crippen LogP contribution in [0.3, 0.4) is 0 Å². The lowest BCUT2D eigenvalue weighted by molar-refractivity contribution is -0.117. The van der Waals surface area contributed by atoms with Gasteiger partial charge < -0.3 is 5.10 Å². The van der Waals surface area contributed by atoms with Crippen molar-refractivity contribution in [2.75, 3.05) is 0 Å². The SMILES string of the molecule is CC(=O)CCn1[nH]ccc1=O. The number of rotatable bonds is 3. The molecule has 0 unspecified atom stereocenters. The molecule has 0 saturated carbocycles. The molecule has 0 aliphatic heterocycles. The van der Waals surface area contributed by atoms with Crippen LogP contribution in [0.2, 0.25) is 0 Å². The van der Waals surface area contributed by atoms with Crippen molar-refractivity contribution in [1.82, 2.24) is 9.78 Å². The molecule has 0 bridgehead atoms. The van der Waals surface area contributed by atoms with Crippen molar-refractivity contribution in [3.05, 3.63) is 22.6 Å². The maximum absolute atomic E-state index is 10.9. The largest absolute Gasteiger partial charge is 0.303 e. The normalized spacial score (nSPS) is 9.91. The Morgan fingerprint density at radius 1 is 1.73 bits per heavy atom. The average Bonchev–Trinajstić information content (AvgIpc) is 2.31. The number of carbonyl (C=O) groups is 1. The predicted octanol–water partition coefficient (Wildman–Crippen LogP) is 0.156. The van der Waals surface area contributed by atoms with Crippen LogP contribution in [0, 0.1) is 0 Å². The third kappa shape index (κ3) is 2.07. The number of carbonyl (C=O) groups excluding carboxylic acids is 1. The van der Waals surface area contributed by atoms with Gasteiger partial charge in [-0.25, -0.2) is 0 Å². The Bertz CT molecular complexity index is 297. The Morgan fingerprint density at radius 2 is 2.45 bits per heavy atom. The lowest BCUT2D eigenvalue weighted by Gasteiger charge is -1.96. The van der Waals surface area contributed by atoms with E-state index >= 15 is 0 Å². The van der Waals surface area contributed by atoms with Gasteiger partial charge in [0.1, 0.15) is 5.78 Å². The van der Waals surface area contributed by atoms with E-state index in [4.69, 9.17) is 0 Å². The van der Waals surface area contributed by atoms with Gasteiger partial charge in [-0.05, 0) is 6.92 Å². The van der Waals surface area contributed by atoms with Crippen LogP contribution in [0.1, 0.15) is 13.3 Å². The van der Waals surface area contributed by atoms with Gasteiger partial charge in [0.25, 0.3) is 5.56 Å². The predicted molar refractivity (Wildman–Crippen MR) is 40.4 cm³/mol. The van der Waals surface area contributed by atoms with Gasteiger partial charge in [0.05, 0.1) is 0 Å². The van der Waals surface area contributed by atoms with Crippen molar-refractivity contribution < 1.29 is 4.79 Å². The molecule has 0 aromatic carbocycles. The average molecular weight is 154 g/mol. The van der Waals surface area contributed by atoms with Crippen LogP contribution >= 0.6 is 0 Å². The van der Waals surface area contributed by atoms with E-state index in [2.05, 4.69) is 5.10 Å². The molecule has 1 rings (SSSR count). The molecule has 4 heteroatoms. The second kappa shape index (κ2) is 3.18. The molecular weight excluding hydrogens is 144 g/mol. The molecule has 0 saturated heterocycles. The molecule has 11 heavy (non-hydrogen) atoms. The molecule has 0 aliphatic rings. The van der Waals surface area contributed by atoms with Gasteiger partial charge in [-0.1, -0.05) is 0 Å². The lowest BCUT2D eigenvalue weighted by atomic mass is 10.3. The monoisotopic (exact) mass is 154 g/mol. The Labute approximate surface area is 63.8 Å². The van der Waals surface area contributed by atoms with Gasteiger partial charge >= 0.3 is 0 Å². The Balaban J connectivity index is 2.58. The van der Waals surface area contributed by atoms with Gasteiger partial charge in [0.2, 0.25) is 0 Å². The van der Waals surface area contributed by atoms with Gasteiger partial charge in [-0.2, -0.15) is 0 Å². The highest BCUT2D eigenvalue weighted by atomic mass is 16.1. The van der Waals surface area contributed by atoms with Crippen molar-refractivity contribution in [3.8, 4) is 0 Å². The van der Waals surface area contributed by atoms with Crippen molar-refractivity contribution >= 4 is 5.78 Å². The summed E-state index contributed by atoms with van der Waals surface area (Å²) < 4.78 is 1.40. The molecule has 0 spiro atoms. The van der Waals surface area contributed by atoms with Crippen LogP contribution in [0.15, 0.2) is 17.1 Å². The number of aromatic amines is 1. The van der Waals surface area contributed by atoms with Crippen LogP contribution in [0.4, 0.5) is 0 Å².